The number of hydrogen-bond donors (Lipinski definition) is 2. The number of aryl methyl sites for hydroxylation is 1. The normalized spacial score (nSPS) is 14.3. The first-order valence-corrected chi connectivity index (χ1v) is 13.5. The number of carbonyl (C=O) groups is 2. The Labute approximate surface area is 210 Å². The van der Waals surface area contributed by atoms with Crippen molar-refractivity contribution in [2.75, 3.05) is 16.4 Å². The molecular weight excluding hydrogens is 454 g/mol. The molecule has 180 valence electrons. The van der Waals surface area contributed by atoms with Gasteiger partial charge < -0.3 is 15.2 Å². The van der Waals surface area contributed by atoms with Crippen LogP contribution in [0.1, 0.15) is 39.0 Å². The Balaban J connectivity index is 1.22. The number of para-hydroxylation sites is 1. The molecule has 0 unspecified atom stereocenters. The first-order chi connectivity index (χ1) is 17.1. The highest BCUT2D eigenvalue weighted by Crippen LogP contribution is 2.31. The Morgan fingerprint density at radius 1 is 0.857 bits per heavy atom. The number of nitrogens with one attached hydrogen (secondary N) is 2. The number of carbonyl (C=O) groups excluding carboxylic acids is 2. The van der Waals surface area contributed by atoms with Crippen LogP contribution in [0.3, 0.4) is 0 Å². The molecule has 1 saturated carbocycles. The van der Waals surface area contributed by atoms with E-state index in [0.717, 1.165) is 53.9 Å². The van der Waals surface area contributed by atoms with Crippen molar-refractivity contribution < 1.29 is 9.59 Å². The lowest BCUT2D eigenvalue weighted by Gasteiger charge is -2.20. The fraction of sp³-hybridized carbons (Fsp3) is 0.310. The Kier molecular flexibility index (Phi) is 7.09. The van der Waals surface area contributed by atoms with Crippen LogP contribution in [0.25, 0.3) is 21.8 Å². The summed E-state index contributed by atoms with van der Waals surface area (Å²) in [5, 5.41) is 8.45. The predicted molar refractivity (Wildman–Crippen MR) is 146 cm³/mol. The van der Waals surface area contributed by atoms with Crippen molar-refractivity contribution in [3.8, 4) is 0 Å². The molecule has 2 N–H and O–H groups in total. The van der Waals surface area contributed by atoms with E-state index < -0.39 is 0 Å². The fourth-order valence-electron chi connectivity index (χ4n) is 5.09. The van der Waals surface area contributed by atoms with E-state index in [2.05, 4.69) is 58.5 Å². The standard InChI is InChI=1S/C29H31N3O2S/c1-2-32-26-14-7-6-13-24(26)25-18-22(15-16-27(25)32)30-28(33)19-35-23-12-8-11-21(17-23)31-29(34)20-9-4-3-5-10-20/h6-8,11-18,20H,2-5,9-10,19H2,1H3,(H,30,33)(H,31,34). The number of fused-ring (bicyclic) bond motifs is 3. The van der Waals surface area contributed by atoms with Gasteiger partial charge in [0.25, 0.3) is 0 Å². The van der Waals surface area contributed by atoms with Crippen molar-refractivity contribution in [3.63, 3.8) is 0 Å². The second-order valence-corrected chi connectivity index (χ2v) is 10.2. The van der Waals surface area contributed by atoms with Crippen LogP contribution >= 0.6 is 11.8 Å². The highest BCUT2D eigenvalue weighted by atomic mass is 32.2. The molecule has 0 aliphatic heterocycles. The fourth-order valence-corrected chi connectivity index (χ4v) is 5.85. The predicted octanol–water partition coefficient (Wildman–Crippen LogP) is 7.06. The number of benzene rings is 3. The summed E-state index contributed by atoms with van der Waals surface area (Å²) in [6.07, 6.45) is 5.46. The van der Waals surface area contributed by atoms with Crippen molar-refractivity contribution in [1.82, 2.24) is 4.57 Å². The summed E-state index contributed by atoms with van der Waals surface area (Å²) < 4.78 is 2.30. The maximum atomic E-state index is 12.7. The van der Waals surface area contributed by atoms with Gasteiger partial charge in [-0.3, -0.25) is 9.59 Å². The van der Waals surface area contributed by atoms with E-state index in [0.29, 0.717) is 5.75 Å². The highest BCUT2D eigenvalue weighted by molar-refractivity contribution is 8.00. The van der Waals surface area contributed by atoms with Crippen LogP contribution in [0, 0.1) is 5.92 Å². The maximum absolute atomic E-state index is 12.7. The third-order valence-electron chi connectivity index (χ3n) is 6.82. The third-order valence-corrected chi connectivity index (χ3v) is 7.81. The van der Waals surface area contributed by atoms with Crippen LogP contribution < -0.4 is 10.6 Å². The van der Waals surface area contributed by atoms with Crippen molar-refractivity contribution in [2.45, 2.75) is 50.5 Å². The van der Waals surface area contributed by atoms with Crippen LogP contribution in [0.4, 0.5) is 11.4 Å². The summed E-state index contributed by atoms with van der Waals surface area (Å²) in [5.74, 6) is 0.485. The lowest BCUT2D eigenvalue weighted by Crippen LogP contribution is -2.24. The number of nitrogens with zero attached hydrogens (tertiary/aromatic N) is 1. The van der Waals surface area contributed by atoms with Gasteiger partial charge in [0.05, 0.1) is 5.75 Å². The van der Waals surface area contributed by atoms with Crippen molar-refractivity contribution >= 4 is 56.8 Å². The average molecular weight is 486 g/mol. The number of amides is 2. The number of hydrogen-bond acceptors (Lipinski definition) is 3. The Morgan fingerprint density at radius 2 is 1.63 bits per heavy atom. The second-order valence-electron chi connectivity index (χ2n) is 9.18. The molecule has 0 bridgehead atoms. The molecule has 6 heteroatoms. The molecule has 0 atom stereocenters. The van der Waals surface area contributed by atoms with Gasteiger partial charge in [0, 0.05) is 50.5 Å². The minimum atomic E-state index is -0.0507. The van der Waals surface area contributed by atoms with Gasteiger partial charge in [0.2, 0.25) is 11.8 Å². The minimum absolute atomic E-state index is 0.0507. The number of anilines is 2. The molecular formula is C29H31N3O2S. The van der Waals surface area contributed by atoms with E-state index in [4.69, 9.17) is 0 Å². The van der Waals surface area contributed by atoms with Gasteiger partial charge in [0.1, 0.15) is 0 Å². The zero-order valence-electron chi connectivity index (χ0n) is 20.0. The van der Waals surface area contributed by atoms with E-state index in [1.807, 2.05) is 30.3 Å². The van der Waals surface area contributed by atoms with Gasteiger partial charge in [-0.05, 0) is 62.2 Å². The van der Waals surface area contributed by atoms with Gasteiger partial charge in [-0.25, -0.2) is 0 Å². The quantitative estimate of drug-likeness (QED) is 0.275. The first-order valence-electron chi connectivity index (χ1n) is 12.5. The largest absolute Gasteiger partial charge is 0.341 e. The second kappa shape index (κ2) is 10.6. The summed E-state index contributed by atoms with van der Waals surface area (Å²) in [7, 11) is 0. The molecule has 2 amide bonds. The summed E-state index contributed by atoms with van der Waals surface area (Å²) >= 11 is 1.47. The van der Waals surface area contributed by atoms with Crippen LogP contribution in [0.2, 0.25) is 0 Å². The summed E-state index contributed by atoms with van der Waals surface area (Å²) in [5.41, 5.74) is 3.98. The zero-order valence-corrected chi connectivity index (χ0v) is 20.9. The summed E-state index contributed by atoms with van der Waals surface area (Å²) in [6, 6.07) is 22.3. The van der Waals surface area contributed by atoms with E-state index >= 15 is 0 Å². The van der Waals surface area contributed by atoms with Gasteiger partial charge in [-0.1, -0.05) is 43.5 Å². The maximum Gasteiger partial charge on any atom is 0.234 e. The van der Waals surface area contributed by atoms with Crippen LogP contribution in [0.15, 0.2) is 71.6 Å². The smallest absolute Gasteiger partial charge is 0.234 e. The third kappa shape index (κ3) is 5.22. The van der Waals surface area contributed by atoms with Gasteiger partial charge >= 0.3 is 0 Å². The van der Waals surface area contributed by atoms with E-state index in [1.54, 1.807) is 0 Å². The molecule has 1 aliphatic carbocycles. The van der Waals surface area contributed by atoms with Crippen LogP contribution in [-0.2, 0) is 16.1 Å². The van der Waals surface area contributed by atoms with E-state index in [-0.39, 0.29) is 17.7 Å². The SMILES string of the molecule is CCn1c2ccccc2c2cc(NC(=O)CSc3cccc(NC(=O)C4CCCCC4)c3)ccc21. The average Bonchev–Trinajstić information content (AvgIpc) is 3.21. The zero-order chi connectivity index (χ0) is 24.2. The van der Waals surface area contributed by atoms with Gasteiger partial charge in [-0.2, -0.15) is 0 Å². The first kappa shape index (κ1) is 23.5. The molecule has 3 aromatic carbocycles. The van der Waals surface area contributed by atoms with Crippen LogP contribution in [-0.4, -0.2) is 22.1 Å². The molecule has 4 aromatic rings. The molecule has 0 radical (unpaired) electrons. The molecule has 0 spiro atoms. The lowest BCUT2D eigenvalue weighted by atomic mass is 9.88. The minimum Gasteiger partial charge on any atom is -0.341 e. The number of thioether (sulfide) groups is 1. The Morgan fingerprint density at radius 3 is 2.46 bits per heavy atom. The van der Waals surface area contributed by atoms with E-state index in [9.17, 15) is 9.59 Å². The van der Waals surface area contributed by atoms with Crippen molar-refractivity contribution in [2.24, 2.45) is 5.92 Å². The molecule has 5 nitrogen and oxygen atoms in total. The summed E-state index contributed by atoms with van der Waals surface area (Å²) in [6.45, 7) is 3.04. The molecule has 1 fully saturated rings. The molecule has 35 heavy (non-hydrogen) atoms. The molecule has 1 heterocycles. The topological polar surface area (TPSA) is 63.1 Å². The monoisotopic (exact) mass is 485 g/mol. The van der Waals surface area contributed by atoms with E-state index in [1.165, 1.54) is 34.6 Å². The molecule has 1 aromatic heterocycles. The van der Waals surface area contributed by atoms with Crippen molar-refractivity contribution in [3.05, 3.63) is 66.7 Å². The van der Waals surface area contributed by atoms with Crippen LogP contribution in [0.5, 0.6) is 0 Å². The lowest BCUT2D eigenvalue weighted by molar-refractivity contribution is -0.120. The number of rotatable bonds is 7. The molecule has 0 saturated heterocycles. The number of aromatic nitrogens is 1. The Hall–Kier alpha value is -3.25. The Bertz CT molecular complexity index is 1370. The highest BCUT2D eigenvalue weighted by Gasteiger charge is 2.21. The molecule has 1 aliphatic rings. The van der Waals surface area contributed by atoms with Gasteiger partial charge in [0.15, 0.2) is 0 Å². The molecule has 5 rings (SSSR count). The van der Waals surface area contributed by atoms with Gasteiger partial charge in [-0.15, -0.1) is 11.8 Å². The summed E-state index contributed by atoms with van der Waals surface area (Å²) in [4.78, 5) is 26.2. The van der Waals surface area contributed by atoms with Crippen molar-refractivity contribution in [1.29, 1.82) is 0 Å².